The molecule has 0 aromatic heterocycles. The zero-order valence-corrected chi connectivity index (χ0v) is 13.4. The van der Waals surface area contributed by atoms with Crippen LogP contribution in [0.5, 0.6) is 0 Å². The maximum atomic E-state index is 5.72. The van der Waals surface area contributed by atoms with Crippen molar-refractivity contribution in [3.8, 4) is 0 Å². The number of methoxy groups -OCH3 is 1. The second kappa shape index (κ2) is 7.71. The molecule has 1 aliphatic rings. The van der Waals surface area contributed by atoms with Crippen LogP contribution in [-0.2, 0) is 9.47 Å². The molecule has 4 heteroatoms. The Labute approximate surface area is 101 Å². The number of hydrogen-bond donors (Lipinski definition) is 0. The molecule has 1 unspecified atom stereocenters. The summed E-state index contributed by atoms with van der Waals surface area (Å²) < 4.78 is 15.8. The van der Waals surface area contributed by atoms with Crippen LogP contribution in [-0.4, -0.2) is 71.2 Å². The minimum absolute atomic E-state index is 0.399. The Morgan fingerprint density at radius 1 is 1.47 bits per heavy atom. The zero-order valence-electron chi connectivity index (χ0n) is 10.1. The first-order chi connectivity index (χ1) is 7.22. The molecular formula is C11H22InNO2. The standard InChI is InChI=1S/C6H14NO.C5H8O.In/c1-7(2)5-4-6-8-3;1-4-5(2)6-3;/h3-6H2,1-2H3;1,4-5H,2H2,3H3;. The molecule has 0 aromatic carbocycles. The van der Waals surface area contributed by atoms with E-state index in [0.29, 0.717) is 6.10 Å². The van der Waals surface area contributed by atoms with Gasteiger partial charge in [0.1, 0.15) is 0 Å². The van der Waals surface area contributed by atoms with Crippen molar-refractivity contribution in [2.45, 2.75) is 16.7 Å². The van der Waals surface area contributed by atoms with E-state index in [1.54, 1.807) is 7.11 Å². The Morgan fingerprint density at radius 3 is 2.87 bits per heavy atom. The summed E-state index contributed by atoms with van der Waals surface area (Å²) in [7, 11) is 5.99. The minimum atomic E-state index is -1.44. The number of nitrogens with zero attached hydrogens (tertiary/aromatic N) is 1. The summed E-state index contributed by atoms with van der Waals surface area (Å²) in [5, 5.41) is 0. The van der Waals surface area contributed by atoms with Crippen LogP contribution >= 0.6 is 0 Å². The molecule has 0 saturated carbocycles. The van der Waals surface area contributed by atoms with Crippen LogP contribution in [0.25, 0.3) is 0 Å². The molecule has 1 atom stereocenters. The Balaban J connectivity index is 1.95. The predicted molar refractivity (Wildman–Crippen MR) is 64.5 cm³/mol. The van der Waals surface area contributed by atoms with Crippen molar-refractivity contribution in [1.29, 1.82) is 0 Å². The predicted octanol–water partition coefficient (Wildman–Crippen LogP) is 1.11. The average Bonchev–Trinajstić information content (AvgIpc) is 2.65. The monoisotopic (exact) mass is 315 g/mol. The van der Waals surface area contributed by atoms with Crippen LogP contribution < -0.4 is 0 Å². The van der Waals surface area contributed by atoms with Crippen molar-refractivity contribution in [3.63, 3.8) is 0 Å². The van der Waals surface area contributed by atoms with Crippen molar-refractivity contribution in [2.24, 2.45) is 0 Å². The van der Waals surface area contributed by atoms with E-state index in [0.717, 1.165) is 23.9 Å². The van der Waals surface area contributed by atoms with Gasteiger partial charge in [0.15, 0.2) is 0 Å². The van der Waals surface area contributed by atoms with E-state index in [2.05, 4.69) is 28.9 Å². The molecular weight excluding hydrogens is 293 g/mol. The molecule has 1 aliphatic heterocycles. The maximum absolute atomic E-state index is 5.72. The van der Waals surface area contributed by atoms with Crippen LogP contribution in [0.2, 0.25) is 4.18 Å². The first-order valence-electron chi connectivity index (χ1n) is 5.66. The second-order valence-electron chi connectivity index (χ2n) is 4.39. The quantitative estimate of drug-likeness (QED) is 0.657. The van der Waals surface area contributed by atoms with Crippen molar-refractivity contribution < 1.29 is 9.47 Å². The van der Waals surface area contributed by atoms with Crippen molar-refractivity contribution in [2.75, 3.05) is 38.7 Å². The topological polar surface area (TPSA) is 21.7 Å². The van der Waals surface area contributed by atoms with Gasteiger partial charge in [0.05, 0.1) is 0 Å². The Hall–Kier alpha value is 0.490. The molecule has 15 heavy (non-hydrogen) atoms. The van der Waals surface area contributed by atoms with Gasteiger partial charge in [-0.15, -0.1) is 0 Å². The average molecular weight is 315 g/mol. The molecule has 0 saturated heterocycles. The summed E-state index contributed by atoms with van der Waals surface area (Å²) >= 11 is -1.44. The van der Waals surface area contributed by atoms with E-state index in [1.807, 2.05) is 0 Å². The van der Waals surface area contributed by atoms with E-state index >= 15 is 0 Å². The van der Waals surface area contributed by atoms with E-state index in [1.165, 1.54) is 4.18 Å². The Morgan fingerprint density at radius 2 is 2.27 bits per heavy atom. The van der Waals surface area contributed by atoms with Crippen LogP contribution in [0.1, 0.15) is 6.42 Å². The molecule has 0 bridgehead atoms. The van der Waals surface area contributed by atoms with Crippen LogP contribution in [0.4, 0.5) is 0 Å². The summed E-state index contributed by atoms with van der Waals surface area (Å²) in [6.07, 6.45) is 3.77. The third-order valence-corrected chi connectivity index (χ3v) is 9.80. The molecule has 0 aliphatic carbocycles. The molecule has 0 aromatic rings. The zero-order chi connectivity index (χ0) is 11.1. The molecule has 1 heterocycles. The Bertz CT molecular complexity index is 197. The van der Waals surface area contributed by atoms with E-state index in [9.17, 15) is 0 Å². The van der Waals surface area contributed by atoms with Crippen molar-refractivity contribution in [3.05, 3.63) is 9.91 Å². The molecule has 0 radical (unpaired) electrons. The fourth-order valence-electron chi connectivity index (χ4n) is 1.75. The van der Waals surface area contributed by atoms with E-state index in [-0.39, 0.29) is 0 Å². The molecule has 86 valence electrons. The van der Waals surface area contributed by atoms with Gasteiger partial charge >= 0.3 is 101 Å². The van der Waals surface area contributed by atoms with Gasteiger partial charge in [0.25, 0.3) is 0 Å². The van der Waals surface area contributed by atoms with Gasteiger partial charge in [-0.2, -0.15) is 0 Å². The third-order valence-electron chi connectivity index (χ3n) is 2.66. The number of hydrogen-bond acceptors (Lipinski definition) is 3. The summed E-state index contributed by atoms with van der Waals surface area (Å²) in [5.41, 5.74) is 0. The van der Waals surface area contributed by atoms with Crippen LogP contribution in [0.3, 0.4) is 0 Å². The van der Waals surface area contributed by atoms with Gasteiger partial charge in [0, 0.05) is 0 Å². The summed E-state index contributed by atoms with van der Waals surface area (Å²) in [4.78, 5) is 2.20. The summed E-state index contributed by atoms with van der Waals surface area (Å²) in [6, 6.07) is 0. The third kappa shape index (κ3) is 5.95. The van der Waals surface area contributed by atoms with Gasteiger partial charge in [-0.25, -0.2) is 0 Å². The SMILES string of the molecule is COC1C=[CH][In]([CH2]OCCCN(C)C)[CH2]1. The molecule has 0 spiro atoms. The van der Waals surface area contributed by atoms with Gasteiger partial charge in [-0.1, -0.05) is 0 Å². The van der Waals surface area contributed by atoms with Gasteiger partial charge in [-0.3, -0.25) is 0 Å². The number of rotatable bonds is 7. The normalized spacial score (nSPS) is 20.5. The number of ether oxygens (including phenoxy) is 2. The van der Waals surface area contributed by atoms with Crippen LogP contribution in [0.15, 0.2) is 9.91 Å². The first kappa shape index (κ1) is 13.6. The van der Waals surface area contributed by atoms with Gasteiger partial charge < -0.3 is 0 Å². The fraction of sp³-hybridized carbons (Fsp3) is 0.818. The van der Waals surface area contributed by atoms with E-state index in [4.69, 9.17) is 9.47 Å². The molecule has 0 amide bonds. The van der Waals surface area contributed by atoms with Crippen LogP contribution in [0, 0.1) is 0 Å². The van der Waals surface area contributed by atoms with Gasteiger partial charge in [0.2, 0.25) is 0 Å². The Kier molecular flexibility index (Phi) is 6.97. The van der Waals surface area contributed by atoms with Crippen molar-refractivity contribution in [1.82, 2.24) is 4.90 Å². The molecule has 3 nitrogen and oxygen atoms in total. The summed E-state index contributed by atoms with van der Waals surface area (Å²) in [6.45, 7) is 2.04. The first-order valence-corrected chi connectivity index (χ1v) is 12.2. The second-order valence-corrected chi connectivity index (χ2v) is 12.1. The van der Waals surface area contributed by atoms with Gasteiger partial charge in [-0.05, 0) is 0 Å². The molecule has 1 rings (SSSR count). The fourth-order valence-corrected chi connectivity index (χ4v) is 8.55. The summed E-state index contributed by atoms with van der Waals surface area (Å²) in [5.74, 6) is 0. The molecule has 0 fully saturated rings. The molecule has 0 N–H and O–H groups in total. The van der Waals surface area contributed by atoms with Crippen molar-refractivity contribution >= 4 is 21.4 Å². The van der Waals surface area contributed by atoms with E-state index < -0.39 is 21.4 Å².